The normalized spacial score (nSPS) is 10.1. The van der Waals surface area contributed by atoms with Gasteiger partial charge in [0.2, 0.25) is 0 Å². The minimum absolute atomic E-state index is 0.0433. The van der Waals surface area contributed by atoms with Crippen LogP contribution in [0.2, 0.25) is 0 Å². The number of hydrogen-bond acceptors (Lipinski definition) is 5. The fraction of sp³-hybridized carbons (Fsp3) is 0.0769. The standard InChI is InChI=1S/C13H12N4O3/c1-8-2-4-10(6-11(8)17(19)20)16-13(18)9-3-5-12(14)15-7-9/h2-7H,1H3,(H2,14,15)(H,16,18). The summed E-state index contributed by atoms with van der Waals surface area (Å²) in [5.74, 6) is -0.0943. The first-order valence-electron chi connectivity index (χ1n) is 5.75. The number of anilines is 2. The van der Waals surface area contributed by atoms with Crippen LogP contribution in [0.15, 0.2) is 36.5 Å². The molecule has 20 heavy (non-hydrogen) atoms. The maximum absolute atomic E-state index is 11.9. The van der Waals surface area contributed by atoms with Crippen LogP contribution in [0.25, 0.3) is 0 Å². The highest BCUT2D eigenvalue weighted by atomic mass is 16.6. The van der Waals surface area contributed by atoms with Gasteiger partial charge in [-0.1, -0.05) is 6.07 Å². The number of aryl methyl sites for hydroxylation is 1. The number of nitrogens with zero attached hydrogens (tertiary/aromatic N) is 2. The number of pyridine rings is 1. The summed E-state index contributed by atoms with van der Waals surface area (Å²) in [5, 5.41) is 13.4. The fourth-order valence-corrected chi connectivity index (χ4v) is 1.63. The molecule has 2 rings (SSSR count). The van der Waals surface area contributed by atoms with Gasteiger partial charge in [0.1, 0.15) is 5.82 Å². The molecule has 0 saturated carbocycles. The van der Waals surface area contributed by atoms with Crippen LogP contribution in [0.3, 0.4) is 0 Å². The molecule has 0 aliphatic carbocycles. The van der Waals surface area contributed by atoms with E-state index in [0.717, 1.165) is 0 Å². The largest absolute Gasteiger partial charge is 0.384 e. The quantitative estimate of drug-likeness (QED) is 0.656. The number of rotatable bonds is 3. The number of nitrogens with two attached hydrogens (primary N) is 1. The van der Waals surface area contributed by atoms with Gasteiger partial charge in [-0.15, -0.1) is 0 Å². The van der Waals surface area contributed by atoms with Crippen LogP contribution in [-0.2, 0) is 0 Å². The van der Waals surface area contributed by atoms with E-state index in [9.17, 15) is 14.9 Å². The van der Waals surface area contributed by atoms with Crippen molar-refractivity contribution in [3.63, 3.8) is 0 Å². The Bertz CT molecular complexity index is 668. The van der Waals surface area contributed by atoms with Crippen molar-refractivity contribution in [3.8, 4) is 0 Å². The van der Waals surface area contributed by atoms with Crippen molar-refractivity contribution in [3.05, 3.63) is 57.8 Å². The third kappa shape index (κ3) is 2.89. The van der Waals surface area contributed by atoms with Gasteiger partial charge in [0, 0.05) is 23.5 Å². The summed E-state index contributed by atoms with van der Waals surface area (Å²) in [7, 11) is 0. The van der Waals surface area contributed by atoms with Crippen molar-refractivity contribution in [1.82, 2.24) is 4.98 Å². The molecule has 1 aromatic heterocycles. The fourth-order valence-electron chi connectivity index (χ4n) is 1.63. The molecule has 1 heterocycles. The van der Waals surface area contributed by atoms with Gasteiger partial charge in [0.25, 0.3) is 11.6 Å². The van der Waals surface area contributed by atoms with Crippen molar-refractivity contribution >= 4 is 23.1 Å². The Labute approximate surface area is 114 Å². The number of nitrogen functional groups attached to an aromatic ring is 1. The molecule has 3 N–H and O–H groups in total. The lowest BCUT2D eigenvalue weighted by atomic mass is 10.1. The van der Waals surface area contributed by atoms with Crippen LogP contribution >= 0.6 is 0 Å². The molecule has 1 amide bonds. The van der Waals surface area contributed by atoms with Crippen LogP contribution in [0.4, 0.5) is 17.2 Å². The highest BCUT2D eigenvalue weighted by Gasteiger charge is 2.13. The number of carbonyl (C=O) groups is 1. The Morgan fingerprint density at radius 1 is 1.35 bits per heavy atom. The van der Waals surface area contributed by atoms with E-state index in [0.29, 0.717) is 22.6 Å². The number of nitro benzene ring substituents is 1. The summed E-state index contributed by atoms with van der Waals surface area (Å²) in [6.07, 6.45) is 1.34. The molecule has 0 unspecified atom stereocenters. The summed E-state index contributed by atoms with van der Waals surface area (Å²) >= 11 is 0. The van der Waals surface area contributed by atoms with Gasteiger partial charge in [-0.25, -0.2) is 4.98 Å². The molecule has 102 valence electrons. The van der Waals surface area contributed by atoms with Gasteiger partial charge in [0.05, 0.1) is 10.5 Å². The van der Waals surface area contributed by atoms with Crippen molar-refractivity contribution in [1.29, 1.82) is 0 Å². The van der Waals surface area contributed by atoms with Crippen molar-refractivity contribution in [2.75, 3.05) is 11.1 Å². The minimum atomic E-state index is -0.490. The van der Waals surface area contributed by atoms with E-state index in [-0.39, 0.29) is 5.69 Å². The number of benzene rings is 1. The molecule has 0 spiro atoms. The molecule has 0 radical (unpaired) electrons. The van der Waals surface area contributed by atoms with Gasteiger partial charge < -0.3 is 11.1 Å². The summed E-state index contributed by atoms with van der Waals surface area (Å²) < 4.78 is 0. The molecular weight excluding hydrogens is 260 g/mol. The molecule has 7 nitrogen and oxygen atoms in total. The predicted octanol–water partition coefficient (Wildman–Crippen LogP) is 2.13. The van der Waals surface area contributed by atoms with Crippen molar-refractivity contribution in [2.45, 2.75) is 6.92 Å². The number of nitrogens with one attached hydrogen (secondary N) is 1. The Kier molecular flexibility index (Phi) is 3.60. The number of hydrogen-bond donors (Lipinski definition) is 2. The topological polar surface area (TPSA) is 111 Å². The smallest absolute Gasteiger partial charge is 0.274 e. The first-order chi connectivity index (χ1) is 9.47. The summed E-state index contributed by atoms with van der Waals surface area (Å²) in [6.45, 7) is 1.63. The Morgan fingerprint density at radius 2 is 2.10 bits per heavy atom. The third-order valence-electron chi connectivity index (χ3n) is 2.71. The van der Waals surface area contributed by atoms with E-state index >= 15 is 0 Å². The maximum Gasteiger partial charge on any atom is 0.274 e. The van der Waals surface area contributed by atoms with E-state index in [4.69, 9.17) is 5.73 Å². The van der Waals surface area contributed by atoms with Crippen LogP contribution in [-0.4, -0.2) is 15.8 Å². The molecular formula is C13H12N4O3. The maximum atomic E-state index is 11.9. The predicted molar refractivity (Wildman–Crippen MR) is 74.4 cm³/mol. The second-order valence-corrected chi connectivity index (χ2v) is 4.18. The lowest BCUT2D eigenvalue weighted by molar-refractivity contribution is -0.385. The zero-order valence-corrected chi connectivity index (χ0v) is 10.7. The lowest BCUT2D eigenvalue weighted by Crippen LogP contribution is -2.12. The van der Waals surface area contributed by atoms with Crippen molar-refractivity contribution in [2.24, 2.45) is 0 Å². The Balaban J connectivity index is 2.21. The number of aromatic nitrogens is 1. The second kappa shape index (κ2) is 5.35. The van der Waals surface area contributed by atoms with E-state index in [2.05, 4.69) is 10.3 Å². The number of carbonyl (C=O) groups excluding carboxylic acids is 1. The number of amides is 1. The molecule has 0 aliphatic heterocycles. The van der Waals surface area contributed by atoms with Crippen LogP contribution in [0.1, 0.15) is 15.9 Å². The Hall–Kier alpha value is -2.96. The molecule has 1 aromatic carbocycles. The van der Waals surface area contributed by atoms with Crippen molar-refractivity contribution < 1.29 is 9.72 Å². The monoisotopic (exact) mass is 272 g/mol. The molecule has 2 aromatic rings. The molecule has 7 heteroatoms. The van der Waals surface area contributed by atoms with Crippen LogP contribution in [0.5, 0.6) is 0 Å². The average Bonchev–Trinajstić information content (AvgIpc) is 2.41. The zero-order valence-electron chi connectivity index (χ0n) is 10.7. The van der Waals surface area contributed by atoms with Gasteiger partial charge in [0.15, 0.2) is 0 Å². The van der Waals surface area contributed by atoms with Crippen LogP contribution in [0, 0.1) is 17.0 Å². The van der Waals surface area contributed by atoms with Gasteiger partial charge in [-0.05, 0) is 25.1 Å². The third-order valence-corrected chi connectivity index (χ3v) is 2.71. The summed E-state index contributed by atoms with van der Waals surface area (Å²) in [6, 6.07) is 7.53. The minimum Gasteiger partial charge on any atom is -0.384 e. The average molecular weight is 272 g/mol. The van der Waals surface area contributed by atoms with E-state index < -0.39 is 10.8 Å². The highest BCUT2D eigenvalue weighted by Crippen LogP contribution is 2.22. The van der Waals surface area contributed by atoms with E-state index in [1.165, 1.54) is 24.4 Å². The first kappa shape index (κ1) is 13.5. The number of nitro groups is 1. The van der Waals surface area contributed by atoms with E-state index in [1.807, 2.05) is 0 Å². The summed E-state index contributed by atoms with van der Waals surface area (Å²) in [5.41, 5.74) is 6.59. The first-order valence-corrected chi connectivity index (χ1v) is 5.75. The van der Waals surface area contributed by atoms with Gasteiger partial charge >= 0.3 is 0 Å². The molecule has 0 bridgehead atoms. The summed E-state index contributed by atoms with van der Waals surface area (Å²) in [4.78, 5) is 26.1. The van der Waals surface area contributed by atoms with E-state index in [1.54, 1.807) is 19.1 Å². The molecule has 0 fully saturated rings. The second-order valence-electron chi connectivity index (χ2n) is 4.18. The SMILES string of the molecule is Cc1ccc(NC(=O)c2ccc(N)nc2)cc1[N+](=O)[O-]. The highest BCUT2D eigenvalue weighted by molar-refractivity contribution is 6.04. The Morgan fingerprint density at radius 3 is 2.70 bits per heavy atom. The lowest BCUT2D eigenvalue weighted by Gasteiger charge is -2.06. The molecule has 0 saturated heterocycles. The molecule has 0 atom stereocenters. The molecule has 0 aliphatic rings. The van der Waals surface area contributed by atoms with Gasteiger partial charge in [-0.2, -0.15) is 0 Å². The zero-order chi connectivity index (χ0) is 14.7. The van der Waals surface area contributed by atoms with Gasteiger partial charge in [-0.3, -0.25) is 14.9 Å². The van der Waals surface area contributed by atoms with Crippen LogP contribution < -0.4 is 11.1 Å².